The first-order chi connectivity index (χ1) is 19.8. The van der Waals surface area contributed by atoms with E-state index in [0.29, 0.717) is 0 Å². The summed E-state index contributed by atoms with van der Waals surface area (Å²) in [5, 5.41) is 15.9. The van der Waals surface area contributed by atoms with E-state index in [2.05, 4.69) is 154 Å². The van der Waals surface area contributed by atoms with E-state index < -0.39 is 0 Å². The maximum absolute atomic E-state index is 4.68. The second kappa shape index (κ2) is 10.4. The molecule has 4 heteroatoms. The van der Waals surface area contributed by atoms with Crippen LogP contribution in [0.5, 0.6) is 0 Å². The molecule has 0 fully saturated rings. The predicted octanol–water partition coefficient (Wildman–Crippen LogP) is 9.13. The Hall–Kier alpha value is -5.48. The van der Waals surface area contributed by atoms with E-state index in [-0.39, 0.29) is 0 Å². The van der Waals surface area contributed by atoms with Crippen molar-refractivity contribution < 1.29 is 0 Å². The lowest BCUT2D eigenvalue weighted by atomic mass is 9.97. The van der Waals surface area contributed by atoms with E-state index in [1.54, 1.807) is 0 Å². The summed E-state index contributed by atoms with van der Waals surface area (Å²) < 4.78 is 0. The average Bonchev–Trinajstić information content (AvgIpc) is 3.73. The van der Waals surface area contributed by atoms with Crippen molar-refractivity contribution in [3.63, 3.8) is 0 Å². The third kappa shape index (κ3) is 4.52. The van der Waals surface area contributed by atoms with Gasteiger partial charge in [-0.25, -0.2) is 0 Å². The van der Waals surface area contributed by atoms with Crippen molar-refractivity contribution >= 4 is 0 Å². The van der Waals surface area contributed by atoms with E-state index in [4.69, 9.17) is 0 Å². The molecule has 0 saturated heterocycles. The zero-order valence-electron chi connectivity index (χ0n) is 21.8. The maximum atomic E-state index is 4.68. The lowest BCUT2D eigenvalue weighted by Gasteiger charge is -2.07. The summed E-state index contributed by atoms with van der Waals surface area (Å²) in [6, 6.07) is 50.3. The van der Waals surface area contributed by atoms with Crippen molar-refractivity contribution in [3.05, 3.63) is 146 Å². The number of H-pyrrole nitrogens is 2. The molecule has 0 unspecified atom stereocenters. The fourth-order valence-electron chi connectivity index (χ4n) is 5.23. The van der Waals surface area contributed by atoms with Crippen LogP contribution in [0.15, 0.2) is 146 Å². The third-order valence-corrected chi connectivity index (χ3v) is 7.21. The molecule has 2 N–H and O–H groups in total. The Labute approximate surface area is 233 Å². The molecule has 190 valence electrons. The van der Waals surface area contributed by atoms with Gasteiger partial charge in [0, 0.05) is 22.3 Å². The normalized spacial score (nSPS) is 11.0. The van der Waals surface area contributed by atoms with Crippen LogP contribution in [-0.4, -0.2) is 20.4 Å². The molecule has 0 bridgehead atoms. The molecule has 0 aliphatic rings. The van der Waals surface area contributed by atoms with E-state index in [1.165, 1.54) is 22.3 Å². The van der Waals surface area contributed by atoms with Crippen LogP contribution in [0.3, 0.4) is 0 Å². The molecule has 0 spiro atoms. The average molecular weight is 515 g/mol. The number of aromatic nitrogens is 4. The van der Waals surface area contributed by atoms with Gasteiger partial charge in [-0.1, -0.05) is 127 Å². The molecule has 0 aliphatic heterocycles. The predicted molar refractivity (Wildman–Crippen MR) is 163 cm³/mol. The van der Waals surface area contributed by atoms with Crippen LogP contribution in [-0.2, 0) is 0 Å². The Morgan fingerprint density at radius 3 is 1.15 bits per heavy atom. The van der Waals surface area contributed by atoms with Crippen molar-refractivity contribution in [2.75, 3.05) is 0 Å². The first kappa shape index (κ1) is 23.6. The number of benzene rings is 5. The molecular weight excluding hydrogens is 488 g/mol. The molecule has 7 rings (SSSR count). The Bertz CT molecular complexity index is 1760. The monoisotopic (exact) mass is 514 g/mol. The third-order valence-electron chi connectivity index (χ3n) is 7.21. The summed E-state index contributed by atoms with van der Waals surface area (Å²) in [5.74, 6) is 0. The highest BCUT2D eigenvalue weighted by molar-refractivity contribution is 5.85. The number of hydrogen-bond acceptors (Lipinski definition) is 2. The van der Waals surface area contributed by atoms with Crippen molar-refractivity contribution in [1.82, 2.24) is 20.4 Å². The molecule has 0 saturated carbocycles. The molecule has 0 amide bonds. The van der Waals surface area contributed by atoms with Gasteiger partial charge in [-0.3, -0.25) is 10.2 Å². The largest absolute Gasteiger partial charge is 0.277 e. The summed E-state index contributed by atoms with van der Waals surface area (Å²) in [5.41, 5.74) is 12.8. The highest BCUT2D eigenvalue weighted by Gasteiger charge is 2.14. The molecule has 7 aromatic rings. The molecule has 5 aromatic carbocycles. The standard InChI is InChI=1S/C36H26N4/c1-3-12-25(13-4-1)29-18-7-9-20-31(29)35-23-33(37-39-35)27-16-11-17-28(22-27)34-24-36(40-38-34)32-21-10-8-19-30(32)26-14-5-2-6-15-26/h1-24H,(H,37,39)(H,38,40). The quantitative estimate of drug-likeness (QED) is 0.232. The van der Waals surface area contributed by atoms with Crippen LogP contribution < -0.4 is 0 Å². The van der Waals surface area contributed by atoms with Gasteiger partial charge in [0.15, 0.2) is 0 Å². The lowest BCUT2D eigenvalue weighted by Crippen LogP contribution is -1.84. The molecule has 2 aromatic heterocycles. The molecular formula is C36H26N4. The number of nitrogens with zero attached hydrogens (tertiary/aromatic N) is 2. The van der Waals surface area contributed by atoms with Crippen molar-refractivity contribution in [2.24, 2.45) is 0 Å². The van der Waals surface area contributed by atoms with Gasteiger partial charge in [0.05, 0.1) is 22.8 Å². The van der Waals surface area contributed by atoms with Crippen molar-refractivity contribution in [3.8, 4) is 67.3 Å². The van der Waals surface area contributed by atoms with Gasteiger partial charge in [0.1, 0.15) is 0 Å². The first-order valence-electron chi connectivity index (χ1n) is 13.3. The van der Waals surface area contributed by atoms with Crippen LogP contribution in [0.25, 0.3) is 67.3 Å². The minimum atomic E-state index is 0.893. The zero-order valence-corrected chi connectivity index (χ0v) is 21.8. The highest BCUT2D eigenvalue weighted by atomic mass is 15.1. The van der Waals surface area contributed by atoms with Gasteiger partial charge < -0.3 is 0 Å². The van der Waals surface area contributed by atoms with Crippen molar-refractivity contribution in [1.29, 1.82) is 0 Å². The zero-order chi connectivity index (χ0) is 26.7. The summed E-state index contributed by atoms with van der Waals surface area (Å²) in [7, 11) is 0. The smallest absolute Gasteiger partial charge is 0.0927 e. The van der Waals surface area contributed by atoms with Gasteiger partial charge in [0.25, 0.3) is 0 Å². The van der Waals surface area contributed by atoms with Crippen LogP contribution in [0.4, 0.5) is 0 Å². The molecule has 2 heterocycles. The fraction of sp³-hybridized carbons (Fsp3) is 0. The van der Waals surface area contributed by atoms with Gasteiger partial charge in [-0.05, 0) is 40.5 Å². The summed E-state index contributed by atoms with van der Waals surface area (Å²) >= 11 is 0. The minimum Gasteiger partial charge on any atom is -0.277 e. The van der Waals surface area contributed by atoms with E-state index >= 15 is 0 Å². The highest BCUT2D eigenvalue weighted by Crippen LogP contribution is 2.35. The van der Waals surface area contributed by atoms with Crippen LogP contribution in [0.1, 0.15) is 0 Å². The Kier molecular flexibility index (Phi) is 6.11. The van der Waals surface area contributed by atoms with E-state index in [9.17, 15) is 0 Å². The van der Waals surface area contributed by atoms with Crippen LogP contribution in [0, 0.1) is 0 Å². The maximum Gasteiger partial charge on any atom is 0.0927 e. The van der Waals surface area contributed by atoms with E-state index in [1.807, 2.05) is 12.1 Å². The van der Waals surface area contributed by atoms with Crippen LogP contribution >= 0.6 is 0 Å². The topological polar surface area (TPSA) is 57.4 Å². The summed E-state index contributed by atoms with van der Waals surface area (Å²) in [6.45, 7) is 0. The fourth-order valence-corrected chi connectivity index (χ4v) is 5.23. The first-order valence-corrected chi connectivity index (χ1v) is 13.3. The second-order valence-corrected chi connectivity index (χ2v) is 9.74. The van der Waals surface area contributed by atoms with Gasteiger partial charge in [-0.15, -0.1) is 0 Å². The Morgan fingerprint density at radius 2 is 0.700 bits per heavy atom. The molecule has 0 aliphatic carbocycles. The Morgan fingerprint density at radius 1 is 0.325 bits per heavy atom. The minimum absolute atomic E-state index is 0.893. The number of aromatic amines is 2. The van der Waals surface area contributed by atoms with Gasteiger partial charge >= 0.3 is 0 Å². The summed E-state index contributed by atoms with van der Waals surface area (Å²) in [4.78, 5) is 0. The molecule has 4 nitrogen and oxygen atoms in total. The molecule has 0 atom stereocenters. The number of nitrogens with one attached hydrogen (secondary N) is 2. The number of rotatable bonds is 6. The van der Waals surface area contributed by atoms with Crippen molar-refractivity contribution in [2.45, 2.75) is 0 Å². The summed E-state index contributed by atoms with van der Waals surface area (Å²) in [6.07, 6.45) is 0. The molecule has 0 radical (unpaired) electrons. The number of hydrogen-bond donors (Lipinski definition) is 2. The molecule has 40 heavy (non-hydrogen) atoms. The second-order valence-electron chi connectivity index (χ2n) is 9.74. The van der Waals surface area contributed by atoms with Gasteiger partial charge in [0.2, 0.25) is 0 Å². The Balaban J connectivity index is 1.20. The SMILES string of the molecule is c1ccc(-c2ccccc2-c2cc(-c3cccc(-c4cc(-c5ccccc5-c5ccccc5)[nH]n4)c3)n[nH]2)cc1. The van der Waals surface area contributed by atoms with Gasteiger partial charge in [-0.2, -0.15) is 10.2 Å². The lowest BCUT2D eigenvalue weighted by molar-refractivity contribution is 1.10. The van der Waals surface area contributed by atoms with E-state index in [0.717, 1.165) is 45.0 Å². The van der Waals surface area contributed by atoms with Crippen LogP contribution in [0.2, 0.25) is 0 Å².